The summed E-state index contributed by atoms with van der Waals surface area (Å²) >= 11 is 0. The van der Waals surface area contributed by atoms with Crippen LogP contribution in [-0.2, 0) is 4.79 Å². The topological polar surface area (TPSA) is 67.6 Å². The minimum Gasteiger partial charge on any atom is -0.491 e. The molecule has 100 valence electrons. The van der Waals surface area contributed by atoms with Gasteiger partial charge in [0.05, 0.1) is 12.6 Å². The number of likely N-dealkylation sites (N-methyl/N-ethyl adjacent to an activating group) is 2. The van der Waals surface area contributed by atoms with Gasteiger partial charge in [-0.1, -0.05) is 0 Å². The van der Waals surface area contributed by atoms with Gasteiger partial charge in [-0.3, -0.25) is 4.79 Å². The maximum atomic E-state index is 11.3. The Bertz CT molecular complexity index is 419. The Hall–Kier alpha value is -1.91. The SMILES string of the molecule is CNC(=O)CN(C)c1cc(N)cc(OC(C)C)c1. The fourth-order valence-electron chi connectivity index (χ4n) is 1.55. The molecule has 0 aliphatic rings. The zero-order valence-electron chi connectivity index (χ0n) is 11.4. The molecule has 5 nitrogen and oxygen atoms in total. The van der Waals surface area contributed by atoms with Crippen molar-refractivity contribution in [2.45, 2.75) is 20.0 Å². The van der Waals surface area contributed by atoms with Crippen LogP contribution in [0.3, 0.4) is 0 Å². The van der Waals surface area contributed by atoms with Crippen molar-refractivity contribution in [1.29, 1.82) is 0 Å². The van der Waals surface area contributed by atoms with Crippen LogP contribution < -0.4 is 20.7 Å². The van der Waals surface area contributed by atoms with E-state index >= 15 is 0 Å². The predicted molar refractivity (Wildman–Crippen MR) is 74.0 cm³/mol. The Kier molecular flexibility index (Phi) is 4.83. The quantitative estimate of drug-likeness (QED) is 0.773. The second-order valence-electron chi connectivity index (χ2n) is 4.46. The zero-order chi connectivity index (χ0) is 13.7. The minimum absolute atomic E-state index is 0.0498. The Balaban J connectivity index is 2.87. The molecule has 0 fully saturated rings. The highest BCUT2D eigenvalue weighted by Crippen LogP contribution is 2.25. The molecule has 5 heteroatoms. The van der Waals surface area contributed by atoms with Crippen LogP contribution >= 0.6 is 0 Å². The summed E-state index contributed by atoms with van der Waals surface area (Å²) in [5, 5.41) is 2.58. The van der Waals surface area contributed by atoms with E-state index in [1.165, 1.54) is 0 Å². The molecule has 0 radical (unpaired) electrons. The second kappa shape index (κ2) is 6.14. The number of benzene rings is 1. The van der Waals surface area contributed by atoms with Crippen molar-refractivity contribution in [3.63, 3.8) is 0 Å². The zero-order valence-corrected chi connectivity index (χ0v) is 11.4. The predicted octanol–water partition coefficient (Wildman–Crippen LogP) is 1.24. The number of nitrogen functional groups attached to an aromatic ring is 1. The lowest BCUT2D eigenvalue weighted by molar-refractivity contribution is -0.119. The van der Waals surface area contributed by atoms with Crippen LogP contribution in [0.5, 0.6) is 5.75 Å². The summed E-state index contributed by atoms with van der Waals surface area (Å²) in [5.41, 5.74) is 7.30. The number of nitrogens with two attached hydrogens (primary N) is 1. The number of hydrogen-bond donors (Lipinski definition) is 2. The number of carbonyl (C=O) groups excluding carboxylic acids is 1. The Morgan fingerprint density at radius 2 is 2.11 bits per heavy atom. The summed E-state index contributed by atoms with van der Waals surface area (Å²) in [5.74, 6) is 0.662. The fraction of sp³-hybridized carbons (Fsp3) is 0.462. The summed E-state index contributed by atoms with van der Waals surface area (Å²) < 4.78 is 5.61. The first-order valence-electron chi connectivity index (χ1n) is 5.91. The molecule has 0 spiro atoms. The van der Waals surface area contributed by atoms with Gasteiger partial charge < -0.3 is 20.7 Å². The number of amides is 1. The van der Waals surface area contributed by atoms with Gasteiger partial charge in [0.2, 0.25) is 5.91 Å². The van der Waals surface area contributed by atoms with Crippen molar-refractivity contribution in [3.8, 4) is 5.75 Å². The Morgan fingerprint density at radius 3 is 2.67 bits per heavy atom. The lowest BCUT2D eigenvalue weighted by Gasteiger charge is -2.20. The average molecular weight is 251 g/mol. The van der Waals surface area contributed by atoms with Crippen LogP contribution in [0.2, 0.25) is 0 Å². The van der Waals surface area contributed by atoms with Crippen LogP contribution in [0.15, 0.2) is 18.2 Å². The van der Waals surface area contributed by atoms with E-state index in [4.69, 9.17) is 10.5 Å². The van der Waals surface area contributed by atoms with Gasteiger partial charge in [-0.25, -0.2) is 0 Å². The van der Waals surface area contributed by atoms with Gasteiger partial charge in [0.15, 0.2) is 0 Å². The van der Waals surface area contributed by atoms with Gasteiger partial charge in [0.25, 0.3) is 0 Å². The molecule has 0 unspecified atom stereocenters. The highest BCUT2D eigenvalue weighted by molar-refractivity contribution is 5.81. The lowest BCUT2D eigenvalue weighted by atomic mass is 10.2. The molecule has 0 aliphatic carbocycles. The molecular formula is C13H21N3O2. The fourth-order valence-corrected chi connectivity index (χ4v) is 1.55. The molecule has 0 bridgehead atoms. The summed E-state index contributed by atoms with van der Waals surface area (Å²) in [6, 6.07) is 5.46. The Morgan fingerprint density at radius 1 is 1.44 bits per heavy atom. The summed E-state index contributed by atoms with van der Waals surface area (Å²) in [6.45, 7) is 4.19. The van der Waals surface area contributed by atoms with E-state index in [-0.39, 0.29) is 18.6 Å². The molecule has 1 amide bonds. The van der Waals surface area contributed by atoms with Crippen molar-refractivity contribution >= 4 is 17.3 Å². The number of anilines is 2. The van der Waals surface area contributed by atoms with Crippen LogP contribution in [-0.4, -0.2) is 32.7 Å². The number of hydrogen-bond acceptors (Lipinski definition) is 4. The van der Waals surface area contributed by atoms with Crippen molar-refractivity contribution in [1.82, 2.24) is 5.32 Å². The van der Waals surface area contributed by atoms with Gasteiger partial charge in [0.1, 0.15) is 5.75 Å². The van der Waals surface area contributed by atoms with E-state index in [1.807, 2.05) is 37.9 Å². The highest BCUT2D eigenvalue weighted by atomic mass is 16.5. The van der Waals surface area contributed by atoms with E-state index in [0.717, 1.165) is 5.69 Å². The van der Waals surface area contributed by atoms with Crippen molar-refractivity contribution in [2.24, 2.45) is 0 Å². The van der Waals surface area contributed by atoms with E-state index in [2.05, 4.69) is 5.32 Å². The molecule has 0 aliphatic heterocycles. The normalized spacial score (nSPS) is 10.3. The van der Waals surface area contributed by atoms with E-state index in [0.29, 0.717) is 11.4 Å². The minimum atomic E-state index is -0.0498. The number of nitrogens with zero attached hydrogens (tertiary/aromatic N) is 1. The second-order valence-corrected chi connectivity index (χ2v) is 4.46. The Labute approximate surface area is 108 Å². The van der Waals surface area contributed by atoms with Crippen molar-refractivity contribution in [3.05, 3.63) is 18.2 Å². The molecule has 0 saturated carbocycles. The van der Waals surface area contributed by atoms with Gasteiger partial charge in [-0.2, -0.15) is 0 Å². The van der Waals surface area contributed by atoms with Crippen LogP contribution in [0.25, 0.3) is 0 Å². The van der Waals surface area contributed by atoms with Crippen LogP contribution in [0.4, 0.5) is 11.4 Å². The van der Waals surface area contributed by atoms with Crippen LogP contribution in [0.1, 0.15) is 13.8 Å². The number of carbonyl (C=O) groups is 1. The highest BCUT2D eigenvalue weighted by Gasteiger charge is 2.09. The number of rotatable bonds is 5. The van der Waals surface area contributed by atoms with Crippen LogP contribution in [0, 0.1) is 0 Å². The van der Waals surface area contributed by atoms with Gasteiger partial charge in [-0.05, 0) is 19.9 Å². The molecule has 3 N–H and O–H groups in total. The third-order valence-corrected chi connectivity index (χ3v) is 2.39. The largest absolute Gasteiger partial charge is 0.491 e. The monoisotopic (exact) mass is 251 g/mol. The van der Waals surface area contributed by atoms with Crippen molar-refractivity contribution in [2.75, 3.05) is 31.3 Å². The summed E-state index contributed by atoms with van der Waals surface area (Å²) in [4.78, 5) is 13.1. The van der Waals surface area contributed by atoms with E-state index < -0.39 is 0 Å². The van der Waals surface area contributed by atoms with Gasteiger partial charge in [-0.15, -0.1) is 0 Å². The third-order valence-electron chi connectivity index (χ3n) is 2.39. The van der Waals surface area contributed by atoms with Crippen molar-refractivity contribution < 1.29 is 9.53 Å². The first kappa shape index (κ1) is 14.2. The number of ether oxygens (including phenoxy) is 1. The molecule has 1 rings (SSSR count). The molecule has 18 heavy (non-hydrogen) atoms. The molecule has 0 heterocycles. The average Bonchev–Trinajstić information content (AvgIpc) is 2.26. The standard InChI is InChI=1S/C13H21N3O2/c1-9(2)18-12-6-10(14)5-11(7-12)16(4)8-13(17)15-3/h5-7,9H,8,14H2,1-4H3,(H,15,17). The molecule has 0 atom stereocenters. The lowest BCUT2D eigenvalue weighted by Crippen LogP contribution is -2.32. The first-order chi connectivity index (χ1) is 8.42. The van der Waals surface area contributed by atoms with Gasteiger partial charge in [0, 0.05) is 37.6 Å². The van der Waals surface area contributed by atoms with Gasteiger partial charge >= 0.3 is 0 Å². The first-order valence-corrected chi connectivity index (χ1v) is 5.91. The molecule has 0 saturated heterocycles. The maximum absolute atomic E-state index is 11.3. The maximum Gasteiger partial charge on any atom is 0.239 e. The molecule has 1 aromatic carbocycles. The molecular weight excluding hydrogens is 230 g/mol. The summed E-state index contributed by atoms with van der Waals surface area (Å²) in [6.07, 6.45) is 0.0869. The molecule has 1 aromatic rings. The number of nitrogens with one attached hydrogen (secondary N) is 1. The summed E-state index contributed by atoms with van der Waals surface area (Å²) in [7, 11) is 3.45. The van der Waals surface area contributed by atoms with E-state index in [1.54, 1.807) is 13.1 Å². The smallest absolute Gasteiger partial charge is 0.239 e. The van der Waals surface area contributed by atoms with E-state index in [9.17, 15) is 4.79 Å². The third kappa shape index (κ3) is 4.16. The molecule has 0 aromatic heterocycles.